The Hall–Kier alpha value is -0.700. The summed E-state index contributed by atoms with van der Waals surface area (Å²) in [5, 5.41) is 9.69. The number of hydrogen-bond acceptors (Lipinski definition) is 3. The monoisotopic (exact) mass is 565 g/mol. The summed E-state index contributed by atoms with van der Waals surface area (Å²) in [6.45, 7) is 6.42. The SMILES string of the molecule is CCCCCCCCCCCCCCCC(=O)C(CC)(CCO)C(=O)CCCCCCCCCCCCCCC. The van der Waals surface area contributed by atoms with Crippen molar-refractivity contribution in [2.24, 2.45) is 5.41 Å². The molecular formula is C37H72O3. The quantitative estimate of drug-likeness (QED) is 0.0637. The first-order chi connectivity index (χ1) is 19.6. The molecule has 3 heteroatoms. The van der Waals surface area contributed by atoms with Gasteiger partial charge in [0.05, 0.1) is 5.41 Å². The Kier molecular flexibility index (Phi) is 29.3. The van der Waals surface area contributed by atoms with Crippen LogP contribution in [0.15, 0.2) is 0 Å². The van der Waals surface area contributed by atoms with Crippen molar-refractivity contribution < 1.29 is 14.7 Å². The molecule has 0 spiro atoms. The van der Waals surface area contributed by atoms with E-state index in [1.54, 1.807) is 0 Å². The van der Waals surface area contributed by atoms with Crippen molar-refractivity contribution in [1.82, 2.24) is 0 Å². The fraction of sp³-hybridized carbons (Fsp3) is 0.946. The maximum atomic E-state index is 13.2. The summed E-state index contributed by atoms with van der Waals surface area (Å²) < 4.78 is 0. The molecule has 0 aliphatic carbocycles. The lowest BCUT2D eigenvalue weighted by molar-refractivity contribution is -0.142. The molecule has 3 nitrogen and oxygen atoms in total. The first kappa shape index (κ1) is 39.3. The Labute approximate surface area is 251 Å². The Balaban J connectivity index is 3.99. The molecule has 40 heavy (non-hydrogen) atoms. The summed E-state index contributed by atoms with van der Waals surface area (Å²) in [6.07, 6.45) is 35.3. The molecule has 0 unspecified atom stereocenters. The van der Waals surface area contributed by atoms with Crippen LogP contribution >= 0.6 is 0 Å². The molecule has 0 aromatic rings. The first-order valence-corrected chi connectivity index (χ1v) is 18.3. The van der Waals surface area contributed by atoms with Crippen molar-refractivity contribution in [3.63, 3.8) is 0 Å². The number of hydrogen-bond donors (Lipinski definition) is 1. The molecule has 0 saturated heterocycles. The van der Waals surface area contributed by atoms with Gasteiger partial charge in [-0.3, -0.25) is 9.59 Å². The first-order valence-electron chi connectivity index (χ1n) is 18.3. The molecule has 0 rings (SSSR count). The van der Waals surface area contributed by atoms with E-state index in [0.717, 1.165) is 25.7 Å². The number of carbonyl (C=O) groups excluding carboxylic acids is 2. The van der Waals surface area contributed by atoms with Gasteiger partial charge >= 0.3 is 0 Å². The summed E-state index contributed by atoms with van der Waals surface area (Å²) >= 11 is 0. The third-order valence-electron chi connectivity index (χ3n) is 9.22. The zero-order chi connectivity index (χ0) is 29.6. The highest BCUT2D eigenvalue weighted by Gasteiger charge is 2.41. The van der Waals surface area contributed by atoms with Crippen molar-refractivity contribution >= 4 is 11.6 Å². The Bertz CT molecular complexity index is 514. The molecule has 0 amide bonds. The van der Waals surface area contributed by atoms with E-state index in [9.17, 15) is 14.7 Å². The average Bonchev–Trinajstić information content (AvgIpc) is 2.96. The lowest BCUT2D eigenvalue weighted by Crippen LogP contribution is -2.40. The zero-order valence-corrected chi connectivity index (χ0v) is 27.7. The normalized spacial score (nSPS) is 11.8. The fourth-order valence-corrected chi connectivity index (χ4v) is 6.28. The minimum atomic E-state index is -0.941. The third kappa shape index (κ3) is 21.1. The van der Waals surface area contributed by atoms with Gasteiger partial charge in [0.1, 0.15) is 11.6 Å². The highest BCUT2D eigenvalue weighted by atomic mass is 16.3. The van der Waals surface area contributed by atoms with Crippen molar-refractivity contribution in [2.75, 3.05) is 6.61 Å². The van der Waals surface area contributed by atoms with Gasteiger partial charge in [-0.2, -0.15) is 0 Å². The number of aliphatic hydroxyl groups is 1. The number of carbonyl (C=O) groups is 2. The maximum absolute atomic E-state index is 13.2. The molecule has 1 N–H and O–H groups in total. The second kappa shape index (κ2) is 29.8. The molecular weight excluding hydrogens is 492 g/mol. The molecule has 0 fully saturated rings. The van der Waals surface area contributed by atoms with Gasteiger partial charge in [0.25, 0.3) is 0 Å². The molecule has 0 bridgehead atoms. The Morgan fingerprint density at radius 1 is 0.425 bits per heavy atom. The smallest absolute Gasteiger partial charge is 0.146 e. The molecule has 0 heterocycles. The highest BCUT2D eigenvalue weighted by Crippen LogP contribution is 2.33. The van der Waals surface area contributed by atoms with Crippen molar-refractivity contribution in [3.8, 4) is 0 Å². The lowest BCUT2D eigenvalue weighted by atomic mass is 9.71. The van der Waals surface area contributed by atoms with E-state index in [0.29, 0.717) is 25.7 Å². The van der Waals surface area contributed by atoms with Gasteiger partial charge in [0.2, 0.25) is 0 Å². The van der Waals surface area contributed by atoms with Crippen molar-refractivity contribution in [1.29, 1.82) is 0 Å². The standard InChI is InChI=1S/C37H72O3/c1-4-7-9-11-13-15-17-19-21-23-25-27-29-31-35(39)37(6-3,33-34-38)36(40)32-30-28-26-24-22-20-18-16-14-12-10-8-5-2/h38H,4-34H2,1-3H3. The summed E-state index contributed by atoms with van der Waals surface area (Å²) in [5.41, 5.74) is -0.941. The van der Waals surface area contributed by atoms with Gasteiger partial charge in [0, 0.05) is 19.4 Å². The van der Waals surface area contributed by atoms with E-state index in [-0.39, 0.29) is 18.2 Å². The van der Waals surface area contributed by atoms with Gasteiger partial charge in [-0.15, -0.1) is 0 Å². The molecule has 0 radical (unpaired) electrons. The lowest BCUT2D eigenvalue weighted by Gasteiger charge is -2.29. The van der Waals surface area contributed by atoms with E-state index in [1.807, 2.05) is 6.92 Å². The van der Waals surface area contributed by atoms with Crippen LogP contribution in [0.25, 0.3) is 0 Å². The molecule has 0 aliphatic heterocycles. The third-order valence-corrected chi connectivity index (χ3v) is 9.22. The van der Waals surface area contributed by atoms with Gasteiger partial charge in [0.15, 0.2) is 0 Å². The molecule has 0 aromatic heterocycles. The Morgan fingerprint density at radius 2 is 0.675 bits per heavy atom. The number of aliphatic hydroxyl groups excluding tert-OH is 1. The van der Waals surface area contributed by atoms with Crippen LogP contribution in [0.4, 0.5) is 0 Å². The van der Waals surface area contributed by atoms with E-state index >= 15 is 0 Å². The largest absolute Gasteiger partial charge is 0.396 e. The summed E-state index contributed by atoms with van der Waals surface area (Å²) in [7, 11) is 0. The highest BCUT2D eigenvalue weighted by molar-refractivity contribution is 6.06. The second-order valence-electron chi connectivity index (χ2n) is 12.7. The van der Waals surface area contributed by atoms with Crippen LogP contribution in [0.3, 0.4) is 0 Å². The van der Waals surface area contributed by atoms with Crippen LogP contribution in [-0.2, 0) is 9.59 Å². The van der Waals surface area contributed by atoms with E-state index in [2.05, 4.69) is 13.8 Å². The van der Waals surface area contributed by atoms with Crippen LogP contribution in [-0.4, -0.2) is 23.3 Å². The van der Waals surface area contributed by atoms with Crippen molar-refractivity contribution in [3.05, 3.63) is 0 Å². The minimum Gasteiger partial charge on any atom is -0.396 e. The number of Topliss-reactive ketones (excluding diaryl/α,β-unsaturated/α-hetero) is 2. The molecule has 0 atom stereocenters. The number of ketones is 2. The van der Waals surface area contributed by atoms with Crippen molar-refractivity contribution in [2.45, 2.75) is 213 Å². The maximum Gasteiger partial charge on any atom is 0.146 e. The van der Waals surface area contributed by atoms with Gasteiger partial charge in [-0.25, -0.2) is 0 Å². The molecule has 0 aromatic carbocycles. The van der Waals surface area contributed by atoms with Crippen LogP contribution in [0, 0.1) is 5.41 Å². The average molecular weight is 565 g/mol. The summed E-state index contributed by atoms with van der Waals surface area (Å²) in [6, 6.07) is 0. The van der Waals surface area contributed by atoms with Crippen LogP contribution < -0.4 is 0 Å². The molecule has 0 aliphatic rings. The van der Waals surface area contributed by atoms with Crippen LogP contribution in [0.5, 0.6) is 0 Å². The minimum absolute atomic E-state index is 0.0808. The van der Waals surface area contributed by atoms with E-state index < -0.39 is 5.41 Å². The number of rotatable bonds is 33. The van der Waals surface area contributed by atoms with E-state index in [4.69, 9.17) is 0 Å². The Morgan fingerprint density at radius 3 is 0.900 bits per heavy atom. The van der Waals surface area contributed by atoms with Crippen LogP contribution in [0.1, 0.15) is 213 Å². The predicted molar refractivity (Wildman–Crippen MR) is 175 cm³/mol. The zero-order valence-electron chi connectivity index (χ0n) is 27.7. The fourth-order valence-electron chi connectivity index (χ4n) is 6.28. The van der Waals surface area contributed by atoms with Gasteiger partial charge < -0.3 is 5.11 Å². The molecule has 238 valence electrons. The molecule has 0 saturated carbocycles. The number of unbranched alkanes of at least 4 members (excludes halogenated alkanes) is 24. The second-order valence-corrected chi connectivity index (χ2v) is 12.7. The summed E-state index contributed by atoms with van der Waals surface area (Å²) in [5.74, 6) is 0.179. The van der Waals surface area contributed by atoms with Gasteiger partial charge in [-0.05, 0) is 25.7 Å². The van der Waals surface area contributed by atoms with Crippen LogP contribution in [0.2, 0.25) is 0 Å². The van der Waals surface area contributed by atoms with Gasteiger partial charge in [-0.1, -0.05) is 175 Å². The predicted octanol–water partition coefficient (Wildman–Crippen LogP) is 11.9. The summed E-state index contributed by atoms with van der Waals surface area (Å²) in [4.78, 5) is 26.5. The topological polar surface area (TPSA) is 54.4 Å². The van der Waals surface area contributed by atoms with E-state index in [1.165, 1.54) is 141 Å².